The second-order valence-electron chi connectivity index (χ2n) is 3.83. The van der Waals surface area contributed by atoms with Crippen molar-refractivity contribution < 1.29 is 9.90 Å². The predicted octanol–water partition coefficient (Wildman–Crippen LogP) is 4.04. The lowest BCUT2D eigenvalue weighted by Gasteiger charge is -2.09. The SMILES string of the molecule is CCc1c(C(=O)O)ccn1-c1cc(Cl)cc(Cl)c1. The summed E-state index contributed by atoms with van der Waals surface area (Å²) in [5, 5.41) is 10.1. The first kappa shape index (κ1) is 13.0. The van der Waals surface area contributed by atoms with E-state index in [4.69, 9.17) is 28.3 Å². The quantitative estimate of drug-likeness (QED) is 0.924. The molecule has 1 N–H and O–H groups in total. The maximum absolute atomic E-state index is 11.1. The van der Waals surface area contributed by atoms with E-state index in [0.29, 0.717) is 22.0 Å². The Kier molecular flexibility index (Phi) is 3.64. The van der Waals surface area contributed by atoms with E-state index in [1.54, 1.807) is 35.0 Å². The predicted molar refractivity (Wildman–Crippen MR) is 72.1 cm³/mol. The Hall–Kier alpha value is -1.45. The van der Waals surface area contributed by atoms with Gasteiger partial charge in [0.15, 0.2) is 0 Å². The van der Waals surface area contributed by atoms with Crippen LogP contribution in [-0.2, 0) is 6.42 Å². The van der Waals surface area contributed by atoms with Gasteiger partial charge in [-0.05, 0) is 30.7 Å². The summed E-state index contributed by atoms with van der Waals surface area (Å²) in [6.07, 6.45) is 2.32. The standard InChI is InChI=1S/C13H11Cl2NO2/c1-2-12-11(13(17)18)3-4-16(12)10-6-8(14)5-9(15)7-10/h3-7H,2H2,1H3,(H,17,18). The highest BCUT2D eigenvalue weighted by Crippen LogP contribution is 2.24. The highest BCUT2D eigenvalue weighted by Gasteiger charge is 2.14. The molecule has 1 aromatic heterocycles. The molecule has 94 valence electrons. The maximum atomic E-state index is 11.1. The number of carboxylic acid groups (broad SMARTS) is 1. The summed E-state index contributed by atoms with van der Waals surface area (Å²) in [7, 11) is 0. The van der Waals surface area contributed by atoms with E-state index in [0.717, 1.165) is 11.4 Å². The number of nitrogens with zero attached hydrogens (tertiary/aromatic N) is 1. The van der Waals surface area contributed by atoms with E-state index < -0.39 is 5.97 Å². The van der Waals surface area contributed by atoms with Crippen molar-refractivity contribution in [1.82, 2.24) is 4.57 Å². The van der Waals surface area contributed by atoms with Crippen LogP contribution in [0.1, 0.15) is 23.0 Å². The second kappa shape index (κ2) is 5.04. The summed E-state index contributed by atoms with van der Waals surface area (Å²) in [6.45, 7) is 1.91. The first-order chi connectivity index (χ1) is 8.52. The molecule has 3 nitrogen and oxygen atoms in total. The number of carboxylic acids is 1. The third-order valence-corrected chi connectivity index (χ3v) is 3.12. The average molecular weight is 284 g/mol. The van der Waals surface area contributed by atoms with Gasteiger partial charge in [0.05, 0.1) is 5.56 Å². The molecule has 0 spiro atoms. The highest BCUT2D eigenvalue weighted by atomic mass is 35.5. The largest absolute Gasteiger partial charge is 0.478 e. The molecule has 0 radical (unpaired) electrons. The van der Waals surface area contributed by atoms with E-state index >= 15 is 0 Å². The molecule has 1 heterocycles. The van der Waals surface area contributed by atoms with E-state index in [-0.39, 0.29) is 0 Å². The van der Waals surface area contributed by atoms with Crippen molar-refractivity contribution in [3.8, 4) is 5.69 Å². The fraction of sp³-hybridized carbons (Fsp3) is 0.154. The zero-order valence-corrected chi connectivity index (χ0v) is 11.2. The van der Waals surface area contributed by atoms with Gasteiger partial charge in [-0.2, -0.15) is 0 Å². The van der Waals surface area contributed by atoms with Gasteiger partial charge in [-0.25, -0.2) is 4.79 Å². The van der Waals surface area contributed by atoms with Crippen LogP contribution in [0.15, 0.2) is 30.5 Å². The molecule has 2 aromatic rings. The van der Waals surface area contributed by atoms with Crippen molar-refractivity contribution in [2.45, 2.75) is 13.3 Å². The minimum Gasteiger partial charge on any atom is -0.478 e. The Balaban J connectivity index is 2.60. The van der Waals surface area contributed by atoms with Crippen LogP contribution in [0.2, 0.25) is 10.0 Å². The summed E-state index contributed by atoms with van der Waals surface area (Å²) in [5.41, 5.74) is 1.78. The summed E-state index contributed by atoms with van der Waals surface area (Å²) >= 11 is 11.9. The van der Waals surface area contributed by atoms with Crippen molar-refractivity contribution >= 4 is 29.2 Å². The van der Waals surface area contributed by atoms with Crippen molar-refractivity contribution in [3.63, 3.8) is 0 Å². The van der Waals surface area contributed by atoms with Gasteiger partial charge in [0.25, 0.3) is 0 Å². The normalized spacial score (nSPS) is 10.6. The summed E-state index contributed by atoms with van der Waals surface area (Å²) < 4.78 is 1.79. The fourth-order valence-corrected chi connectivity index (χ4v) is 2.46. The second-order valence-corrected chi connectivity index (χ2v) is 4.71. The smallest absolute Gasteiger partial charge is 0.337 e. The Morgan fingerprint density at radius 3 is 2.39 bits per heavy atom. The van der Waals surface area contributed by atoms with Crippen molar-refractivity contribution in [2.24, 2.45) is 0 Å². The number of hydrogen-bond donors (Lipinski definition) is 1. The number of aromatic nitrogens is 1. The van der Waals surface area contributed by atoms with Crippen LogP contribution in [0.3, 0.4) is 0 Å². The van der Waals surface area contributed by atoms with Crippen LogP contribution in [0, 0.1) is 0 Å². The lowest BCUT2D eigenvalue weighted by molar-refractivity contribution is 0.0696. The Bertz CT molecular complexity index is 585. The van der Waals surface area contributed by atoms with Crippen molar-refractivity contribution in [1.29, 1.82) is 0 Å². The molecule has 0 amide bonds. The molecular weight excluding hydrogens is 273 g/mol. The van der Waals surface area contributed by atoms with Crippen LogP contribution in [0.25, 0.3) is 5.69 Å². The molecule has 5 heteroatoms. The van der Waals surface area contributed by atoms with Gasteiger partial charge in [0.1, 0.15) is 0 Å². The van der Waals surface area contributed by atoms with Gasteiger partial charge in [-0.1, -0.05) is 30.1 Å². The monoisotopic (exact) mass is 283 g/mol. The zero-order chi connectivity index (χ0) is 13.3. The van der Waals surface area contributed by atoms with Gasteiger partial charge in [0.2, 0.25) is 0 Å². The fourth-order valence-electron chi connectivity index (χ4n) is 1.94. The molecule has 0 saturated heterocycles. The van der Waals surface area contributed by atoms with Crippen LogP contribution in [0.5, 0.6) is 0 Å². The molecule has 0 fully saturated rings. The molecule has 2 rings (SSSR count). The number of benzene rings is 1. The van der Waals surface area contributed by atoms with Gasteiger partial charge in [0, 0.05) is 27.6 Å². The molecule has 0 saturated carbocycles. The van der Waals surface area contributed by atoms with Crippen molar-refractivity contribution in [2.75, 3.05) is 0 Å². The lowest BCUT2D eigenvalue weighted by Crippen LogP contribution is -2.04. The number of carbonyl (C=O) groups is 1. The third-order valence-electron chi connectivity index (χ3n) is 2.68. The molecule has 0 unspecified atom stereocenters. The first-order valence-electron chi connectivity index (χ1n) is 5.43. The molecule has 18 heavy (non-hydrogen) atoms. The van der Waals surface area contributed by atoms with Gasteiger partial charge in [-0.3, -0.25) is 0 Å². The van der Waals surface area contributed by atoms with E-state index in [1.165, 1.54) is 0 Å². The minimum atomic E-state index is -0.932. The molecule has 1 aromatic carbocycles. The topological polar surface area (TPSA) is 42.2 Å². The Morgan fingerprint density at radius 2 is 1.89 bits per heavy atom. The number of rotatable bonds is 3. The van der Waals surface area contributed by atoms with Crippen LogP contribution >= 0.6 is 23.2 Å². The Morgan fingerprint density at radius 1 is 1.28 bits per heavy atom. The number of halogens is 2. The molecule has 0 aliphatic heterocycles. The molecule has 0 aliphatic rings. The summed E-state index contributed by atoms with van der Waals surface area (Å²) in [4.78, 5) is 11.1. The van der Waals surface area contributed by atoms with E-state index in [9.17, 15) is 4.79 Å². The van der Waals surface area contributed by atoms with Crippen LogP contribution < -0.4 is 0 Å². The lowest BCUT2D eigenvalue weighted by atomic mass is 10.2. The van der Waals surface area contributed by atoms with Gasteiger partial charge >= 0.3 is 5.97 Å². The van der Waals surface area contributed by atoms with Crippen LogP contribution in [0.4, 0.5) is 0 Å². The number of aromatic carboxylic acids is 1. The van der Waals surface area contributed by atoms with Crippen LogP contribution in [-0.4, -0.2) is 15.6 Å². The zero-order valence-electron chi connectivity index (χ0n) is 9.65. The summed E-state index contributed by atoms with van der Waals surface area (Å²) in [6, 6.07) is 6.71. The third kappa shape index (κ3) is 2.37. The van der Waals surface area contributed by atoms with E-state index in [2.05, 4.69) is 0 Å². The van der Waals surface area contributed by atoms with Crippen molar-refractivity contribution in [3.05, 3.63) is 51.8 Å². The minimum absolute atomic E-state index is 0.300. The first-order valence-corrected chi connectivity index (χ1v) is 6.18. The van der Waals surface area contributed by atoms with E-state index in [1.807, 2.05) is 6.92 Å². The summed E-state index contributed by atoms with van der Waals surface area (Å²) in [5.74, 6) is -0.932. The maximum Gasteiger partial charge on any atom is 0.337 e. The average Bonchev–Trinajstić information content (AvgIpc) is 2.70. The number of hydrogen-bond acceptors (Lipinski definition) is 1. The van der Waals surface area contributed by atoms with Gasteiger partial charge in [-0.15, -0.1) is 0 Å². The highest BCUT2D eigenvalue weighted by molar-refractivity contribution is 6.34. The molecule has 0 atom stereocenters. The Labute approximate surface area is 115 Å². The van der Waals surface area contributed by atoms with Gasteiger partial charge < -0.3 is 9.67 Å². The molecular formula is C13H11Cl2NO2. The molecule has 0 aliphatic carbocycles. The molecule has 0 bridgehead atoms.